The minimum atomic E-state index is -0.438. The monoisotopic (exact) mass is 268 g/mol. The summed E-state index contributed by atoms with van der Waals surface area (Å²) in [7, 11) is 0. The number of rotatable bonds is 8. The number of aromatic amines is 1. The summed E-state index contributed by atoms with van der Waals surface area (Å²) in [6, 6.07) is 0. The molecule has 0 aliphatic heterocycles. The summed E-state index contributed by atoms with van der Waals surface area (Å²) in [6.07, 6.45) is 5.00. The van der Waals surface area contributed by atoms with Crippen LogP contribution in [0.1, 0.15) is 46.0 Å². The molecule has 0 atom stereocenters. The molecular weight excluding hydrogens is 244 g/mol. The average Bonchev–Trinajstić information content (AvgIpc) is 2.37. The number of hydrogen-bond acceptors (Lipinski definition) is 4. The fourth-order valence-electron chi connectivity index (χ4n) is 1.89. The Morgan fingerprint density at radius 3 is 2.47 bits per heavy atom. The maximum absolute atomic E-state index is 11.7. The number of unbranched alkanes of at least 4 members (excludes halogenated alkanes) is 3. The summed E-state index contributed by atoms with van der Waals surface area (Å²) in [6.45, 7) is 5.37. The standard InChI is InChI=1S/C13H24N4O2/c1-3-5-7-8-15-10-11(14)17(9-6-4-2)13(19)16-12(10)18/h15H,3-9,14H2,1-2H3,(H,16,18,19). The van der Waals surface area contributed by atoms with E-state index in [4.69, 9.17) is 5.73 Å². The van der Waals surface area contributed by atoms with E-state index in [0.717, 1.165) is 32.1 Å². The normalized spacial score (nSPS) is 10.6. The molecule has 0 aliphatic carbocycles. The third-order valence-corrected chi connectivity index (χ3v) is 3.06. The molecule has 1 heterocycles. The van der Waals surface area contributed by atoms with Crippen LogP contribution in [0.15, 0.2) is 9.59 Å². The highest BCUT2D eigenvalue weighted by atomic mass is 16.2. The molecule has 1 aromatic rings. The Morgan fingerprint density at radius 2 is 1.84 bits per heavy atom. The number of nitrogens with one attached hydrogen (secondary N) is 2. The molecule has 0 aromatic carbocycles. The Kier molecular flexibility index (Phi) is 6.18. The molecular formula is C13H24N4O2. The second-order valence-corrected chi connectivity index (χ2v) is 4.66. The molecule has 19 heavy (non-hydrogen) atoms. The lowest BCUT2D eigenvalue weighted by Crippen LogP contribution is -2.34. The van der Waals surface area contributed by atoms with E-state index in [1.54, 1.807) is 0 Å². The van der Waals surface area contributed by atoms with Crippen molar-refractivity contribution in [3.05, 3.63) is 20.8 Å². The fraction of sp³-hybridized carbons (Fsp3) is 0.692. The van der Waals surface area contributed by atoms with Gasteiger partial charge in [-0.05, 0) is 12.8 Å². The molecule has 0 aliphatic rings. The van der Waals surface area contributed by atoms with Gasteiger partial charge in [0, 0.05) is 13.1 Å². The van der Waals surface area contributed by atoms with Crippen molar-refractivity contribution in [2.45, 2.75) is 52.5 Å². The second-order valence-electron chi connectivity index (χ2n) is 4.66. The van der Waals surface area contributed by atoms with Crippen LogP contribution in [-0.2, 0) is 6.54 Å². The van der Waals surface area contributed by atoms with E-state index in [2.05, 4.69) is 17.2 Å². The van der Waals surface area contributed by atoms with Crippen LogP contribution in [-0.4, -0.2) is 16.1 Å². The van der Waals surface area contributed by atoms with Gasteiger partial charge in [-0.25, -0.2) is 4.79 Å². The molecule has 4 N–H and O–H groups in total. The second kappa shape index (κ2) is 7.66. The highest BCUT2D eigenvalue weighted by molar-refractivity contribution is 5.60. The van der Waals surface area contributed by atoms with Crippen LogP contribution in [0.5, 0.6) is 0 Å². The van der Waals surface area contributed by atoms with Gasteiger partial charge in [0.25, 0.3) is 5.56 Å². The number of hydrogen-bond donors (Lipinski definition) is 3. The zero-order chi connectivity index (χ0) is 14.3. The van der Waals surface area contributed by atoms with E-state index in [9.17, 15) is 9.59 Å². The maximum Gasteiger partial charge on any atom is 0.330 e. The van der Waals surface area contributed by atoms with Crippen molar-refractivity contribution in [3.63, 3.8) is 0 Å². The summed E-state index contributed by atoms with van der Waals surface area (Å²) >= 11 is 0. The number of nitrogens with two attached hydrogens (primary N) is 1. The fourth-order valence-corrected chi connectivity index (χ4v) is 1.89. The SMILES string of the molecule is CCCCCNc1c(N)n(CCCC)c(=O)[nH]c1=O. The molecule has 0 unspecified atom stereocenters. The van der Waals surface area contributed by atoms with Crippen molar-refractivity contribution in [1.82, 2.24) is 9.55 Å². The molecule has 0 amide bonds. The van der Waals surface area contributed by atoms with Gasteiger partial charge in [0.15, 0.2) is 0 Å². The van der Waals surface area contributed by atoms with Crippen LogP contribution in [0, 0.1) is 0 Å². The first-order valence-corrected chi connectivity index (χ1v) is 6.98. The number of anilines is 2. The third kappa shape index (κ3) is 4.15. The van der Waals surface area contributed by atoms with Crippen LogP contribution in [0.25, 0.3) is 0 Å². The van der Waals surface area contributed by atoms with Gasteiger partial charge >= 0.3 is 5.69 Å². The smallest absolute Gasteiger partial charge is 0.330 e. The van der Waals surface area contributed by atoms with Gasteiger partial charge in [0.05, 0.1) is 0 Å². The average molecular weight is 268 g/mol. The van der Waals surface area contributed by atoms with Gasteiger partial charge in [-0.15, -0.1) is 0 Å². The molecule has 0 fully saturated rings. The summed E-state index contributed by atoms with van der Waals surface area (Å²) in [5.74, 6) is 0.235. The summed E-state index contributed by atoms with van der Waals surface area (Å²) in [4.78, 5) is 25.7. The molecule has 0 saturated carbocycles. The predicted molar refractivity (Wildman–Crippen MR) is 78.7 cm³/mol. The lowest BCUT2D eigenvalue weighted by atomic mass is 10.2. The minimum absolute atomic E-state index is 0.235. The van der Waals surface area contributed by atoms with E-state index < -0.39 is 11.2 Å². The first-order chi connectivity index (χ1) is 9.11. The Morgan fingerprint density at radius 1 is 1.16 bits per heavy atom. The first kappa shape index (κ1) is 15.3. The van der Waals surface area contributed by atoms with Crippen molar-refractivity contribution >= 4 is 11.5 Å². The maximum atomic E-state index is 11.7. The van der Waals surface area contributed by atoms with Crippen LogP contribution >= 0.6 is 0 Å². The van der Waals surface area contributed by atoms with Gasteiger partial charge < -0.3 is 11.1 Å². The van der Waals surface area contributed by atoms with Gasteiger partial charge in [0.1, 0.15) is 11.5 Å². The molecule has 6 heteroatoms. The molecule has 0 radical (unpaired) electrons. The minimum Gasteiger partial charge on any atom is -0.383 e. The molecule has 0 saturated heterocycles. The van der Waals surface area contributed by atoms with E-state index in [0.29, 0.717) is 18.8 Å². The summed E-state index contributed by atoms with van der Waals surface area (Å²) < 4.78 is 1.42. The topological polar surface area (TPSA) is 92.9 Å². The van der Waals surface area contributed by atoms with E-state index in [-0.39, 0.29) is 5.82 Å². The van der Waals surface area contributed by atoms with Crippen molar-refractivity contribution in [3.8, 4) is 0 Å². The molecule has 1 rings (SSSR count). The van der Waals surface area contributed by atoms with E-state index in [1.165, 1.54) is 4.57 Å². The lowest BCUT2D eigenvalue weighted by Gasteiger charge is -2.13. The van der Waals surface area contributed by atoms with Crippen LogP contribution in [0.4, 0.5) is 11.5 Å². The van der Waals surface area contributed by atoms with Gasteiger partial charge in [0.2, 0.25) is 0 Å². The highest BCUT2D eigenvalue weighted by Gasteiger charge is 2.11. The van der Waals surface area contributed by atoms with Crippen LogP contribution < -0.4 is 22.3 Å². The number of nitrogen functional groups attached to an aromatic ring is 1. The predicted octanol–water partition coefficient (Wildman–Crippen LogP) is 1.52. The molecule has 0 spiro atoms. The largest absolute Gasteiger partial charge is 0.383 e. The molecule has 6 nitrogen and oxygen atoms in total. The number of H-pyrrole nitrogens is 1. The highest BCUT2D eigenvalue weighted by Crippen LogP contribution is 2.11. The molecule has 1 aromatic heterocycles. The first-order valence-electron chi connectivity index (χ1n) is 6.98. The number of aromatic nitrogens is 2. The zero-order valence-electron chi connectivity index (χ0n) is 11.8. The third-order valence-electron chi connectivity index (χ3n) is 3.06. The Bertz CT molecular complexity index is 504. The van der Waals surface area contributed by atoms with Crippen molar-refractivity contribution in [2.75, 3.05) is 17.6 Å². The number of nitrogens with zero attached hydrogens (tertiary/aromatic N) is 1. The Labute approximate surface area is 113 Å². The van der Waals surface area contributed by atoms with Crippen molar-refractivity contribution in [2.24, 2.45) is 0 Å². The lowest BCUT2D eigenvalue weighted by molar-refractivity contribution is 0.605. The Hall–Kier alpha value is -1.72. The van der Waals surface area contributed by atoms with Crippen LogP contribution in [0.3, 0.4) is 0 Å². The zero-order valence-corrected chi connectivity index (χ0v) is 11.8. The van der Waals surface area contributed by atoms with Crippen molar-refractivity contribution in [1.29, 1.82) is 0 Å². The van der Waals surface area contributed by atoms with Crippen LogP contribution in [0.2, 0.25) is 0 Å². The summed E-state index contributed by atoms with van der Waals surface area (Å²) in [5.41, 5.74) is 5.36. The van der Waals surface area contributed by atoms with Gasteiger partial charge in [-0.3, -0.25) is 14.3 Å². The summed E-state index contributed by atoms with van der Waals surface area (Å²) in [5, 5.41) is 3.03. The quantitative estimate of drug-likeness (QED) is 0.623. The Balaban J connectivity index is 2.90. The van der Waals surface area contributed by atoms with Gasteiger partial charge in [-0.1, -0.05) is 33.1 Å². The van der Waals surface area contributed by atoms with E-state index in [1.807, 2.05) is 6.92 Å². The van der Waals surface area contributed by atoms with E-state index >= 15 is 0 Å². The molecule has 108 valence electrons. The van der Waals surface area contributed by atoms with Gasteiger partial charge in [-0.2, -0.15) is 0 Å². The van der Waals surface area contributed by atoms with Crippen molar-refractivity contribution < 1.29 is 0 Å². The molecule has 0 bridgehead atoms.